The van der Waals surface area contributed by atoms with E-state index in [0.717, 1.165) is 9.75 Å². The van der Waals surface area contributed by atoms with E-state index in [-0.39, 0.29) is 18.6 Å². The molecule has 0 radical (unpaired) electrons. The molecule has 0 saturated carbocycles. The van der Waals surface area contributed by atoms with Crippen molar-refractivity contribution in [1.82, 2.24) is 10.9 Å². The summed E-state index contributed by atoms with van der Waals surface area (Å²) < 4.78 is 10.6. The van der Waals surface area contributed by atoms with Crippen molar-refractivity contribution in [3.63, 3.8) is 0 Å². The number of hydrogen-bond donors (Lipinski definition) is 2. The molecule has 2 aromatic rings. The summed E-state index contributed by atoms with van der Waals surface area (Å²) in [6.45, 7) is 6.14. The Hall–Kier alpha value is -2.87. The smallest absolute Gasteiger partial charge is 0.269 e. The molecule has 28 heavy (non-hydrogen) atoms. The number of hydrazine groups is 1. The average molecular weight is 404 g/mol. The highest BCUT2D eigenvalue weighted by atomic mass is 32.1. The molecule has 150 valence electrons. The summed E-state index contributed by atoms with van der Waals surface area (Å²) in [5.41, 5.74) is 5.62. The molecule has 2 amide bonds. The maximum atomic E-state index is 12.2. The van der Waals surface area contributed by atoms with Crippen LogP contribution in [0.1, 0.15) is 50.2 Å². The van der Waals surface area contributed by atoms with Crippen molar-refractivity contribution >= 4 is 28.9 Å². The molecule has 0 aliphatic heterocycles. The second kappa shape index (κ2) is 9.89. The van der Waals surface area contributed by atoms with Crippen LogP contribution in [0.5, 0.6) is 11.5 Å². The number of carbonyl (C=O) groups is 3. The van der Waals surface area contributed by atoms with Gasteiger partial charge in [0.2, 0.25) is 5.91 Å². The van der Waals surface area contributed by atoms with E-state index in [1.54, 1.807) is 23.5 Å². The van der Waals surface area contributed by atoms with Gasteiger partial charge in [0, 0.05) is 33.7 Å². The van der Waals surface area contributed by atoms with Crippen molar-refractivity contribution in [1.29, 1.82) is 0 Å². The summed E-state index contributed by atoms with van der Waals surface area (Å²) in [5.74, 6) is -0.0648. The van der Waals surface area contributed by atoms with E-state index in [9.17, 15) is 14.4 Å². The largest absolute Gasteiger partial charge is 0.493 e. The Bertz CT molecular complexity index is 875. The van der Waals surface area contributed by atoms with E-state index >= 15 is 0 Å². The summed E-state index contributed by atoms with van der Waals surface area (Å²) in [7, 11) is 1.48. The topological polar surface area (TPSA) is 93.7 Å². The first-order valence-electron chi connectivity index (χ1n) is 8.86. The van der Waals surface area contributed by atoms with E-state index < -0.39 is 11.8 Å². The second-order valence-corrected chi connectivity index (χ2v) is 7.51. The lowest BCUT2D eigenvalue weighted by molar-refractivity contribution is -0.121. The Balaban J connectivity index is 1.86. The highest BCUT2D eigenvalue weighted by Gasteiger charge is 2.15. The van der Waals surface area contributed by atoms with E-state index in [1.807, 2.05) is 26.8 Å². The number of thiophene rings is 1. The SMILES string of the molecule is CCOc1ccc(C(=O)NNC(=O)CCC(=O)c2cc(C)sc2C)cc1OC. The molecule has 0 unspecified atom stereocenters. The van der Waals surface area contributed by atoms with Crippen LogP contribution in [0.4, 0.5) is 0 Å². The van der Waals surface area contributed by atoms with Crippen LogP contribution in [0.2, 0.25) is 0 Å². The van der Waals surface area contributed by atoms with Crippen LogP contribution in [0.15, 0.2) is 24.3 Å². The van der Waals surface area contributed by atoms with Crippen molar-refractivity contribution in [3.8, 4) is 11.5 Å². The minimum atomic E-state index is -0.495. The maximum absolute atomic E-state index is 12.2. The van der Waals surface area contributed by atoms with Crippen molar-refractivity contribution in [2.45, 2.75) is 33.6 Å². The minimum absolute atomic E-state index is 0.0138. The summed E-state index contributed by atoms with van der Waals surface area (Å²) >= 11 is 1.55. The van der Waals surface area contributed by atoms with Gasteiger partial charge in [-0.2, -0.15) is 0 Å². The number of amides is 2. The first-order valence-corrected chi connectivity index (χ1v) is 9.67. The van der Waals surface area contributed by atoms with Crippen molar-refractivity contribution in [3.05, 3.63) is 45.1 Å². The molecule has 0 spiro atoms. The number of benzene rings is 1. The van der Waals surface area contributed by atoms with Gasteiger partial charge in [-0.1, -0.05) is 0 Å². The zero-order chi connectivity index (χ0) is 20.7. The molecule has 8 heteroatoms. The predicted octanol–water partition coefficient (Wildman–Crippen LogP) is 3.20. The van der Waals surface area contributed by atoms with Gasteiger partial charge in [-0.05, 0) is 45.0 Å². The predicted molar refractivity (Wildman–Crippen MR) is 107 cm³/mol. The lowest BCUT2D eigenvalue weighted by atomic mass is 10.1. The molecular weight excluding hydrogens is 380 g/mol. The van der Waals surface area contributed by atoms with Crippen LogP contribution < -0.4 is 20.3 Å². The van der Waals surface area contributed by atoms with Gasteiger partial charge in [0.25, 0.3) is 5.91 Å². The quantitative estimate of drug-likeness (QED) is 0.521. The zero-order valence-corrected chi connectivity index (χ0v) is 17.2. The molecule has 0 aliphatic carbocycles. The lowest BCUT2D eigenvalue weighted by Gasteiger charge is -2.11. The van der Waals surface area contributed by atoms with Crippen molar-refractivity contribution < 1.29 is 23.9 Å². The Kier molecular flexibility index (Phi) is 7.57. The summed E-state index contributed by atoms with van der Waals surface area (Å²) in [6, 6.07) is 6.56. The lowest BCUT2D eigenvalue weighted by Crippen LogP contribution is -2.41. The number of hydrogen-bond acceptors (Lipinski definition) is 6. The minimum Gasteiger partial charge on any atom is -0.493 e. The second-order valence-electron chi connectivity index (χ2n) is 6.05. The summed E-state index contributed by atoms with van der Waals surface area (Å²) in [5, 5.41) is 0. The number of ether oxygens (including phenoxy) is 2. The molecule has 1 aromatic heterocycles. The average Bonchev–Trinajstić information content (AvgIpc) is 3.02. The summed E-state index contributed by atoms with van der Waals surface area (Å²) in [4.78, 5) is 38.4. The number of methoxy groups -OCH3 is 1. The summed E-state index contributed by atoms with van der Waals surface area (Å²) in [6.07, 6.45) is 0.0651. The fourth-order valence-electron chi connectivity index (χ4n) is 2.61. The van der Waals surface area contributed by atoms with E-state index in [4.69, 9.17) is 9.47 Å². The number of ketones is 1. The fourth-order valence-corrected chi connectivity index (χ4v) is 3.56. The van der Waals surface area contributed by atoms with Crippen LogP contribution in [0.25, 0.3) is 0 Å². The molecular formula is C20H24N2O5S. The van der Waals surface area contributed by atoms with E-state index in [0.29, 0.717) is 29.2 Å². The van der Waals surface area contributed by atoms with Gasteiger partial charge in [-0.3, -0.25) is 25.2 Å². The van der Waals surface area contributed by atoms with E-state index in [2.05, 4.69) is 10.9 Å². The number of aryl methyl sites for hydroxylation is 2. The van der Waals surface area contributed by atoms with Gasteiger partial charge in [-0.25, -0.2) is 0 Å². The first-order chi connectivity index (χ1) is 13.3. The van der Waals surface area contributed by atoms with Gasteiger partial charge < -0.3 is 9.47 Å². The fraction of sp³-hybridized carbons (Fsp3) is 0.350. The van der Waals surface area contributed by atoms with Gasteiger partial charge in [0.15, 0.2) is 17.3 Å². The third-order valence-electron chi connectivity index (χ3n) is 3.96. The molecule has 0 aliphatic rings. The molecule has 0 atom stereocenters. The number of nitrogens with one attached hydrogen (secondary N) is 2. The zero-order valence-electron chi connectivity index (χ0n) is 16.4. The standard InChI is InChI=1S/C20H24N2O5S/c1-5-27-17-8-6-14(11-18(17)26-4)20(25)22-21-19(24)9-7-16(23)15-10-12(2)28-13(15)3/h6,8,10-11H,5,7,9H2,1-4H3,(H,21,24)(H,22,25). The molecule has 0 saturated heterocycles. The Labute approximate surface area is 168 Å². The van der Waals surface area contributed by atoms with Crippen molar-refractivity contribution in [2.75, 3.05) is 13.7 Å². The van der Waals surface area contributed by atoms with Crippen LogP contribution in [-0.2, 0) is 4.79 Å². The normalized spacial score (nSPS) is 10.3. The number of Topliss-reactive ketones (excluding diaryl/α,β-unsaturated/α-hetero) is 1. The Morgan fingerprint density at radius 2 is 1.79 bits per heavy atom. The molecule has 7 nitrogen and oxygen atoms in total. The van der Waals surface area contributed by atoms with Gasteiger partial charge in [-0.15, -0.1) is 11.3 Å². The van der Waals surface area contributed by atoms with Crippen molar-refractivity contribution in [2.24, 2.45) is 0 Å². The van der Waals surface area contributed by atoms with Crippen LogP contribution >= 0.6 is 11.3 Å². The van der Waals surface area contributed by atoms with Crippen LogP contribution in [0.3, 0.4) is 0 Å². The van der Waals surface area contributed by atoms with E-state index in [1.165, 1.54) is 13.2 Å². The van der Waals surface area contributed by atoms with Crippen LogP contribution in [-0.4, -0.2) is 31.3 Å². The van der Waals surface area contributed by atoms with Gasteiger partial charge in [0.1, 0.15) is 0 Å². The monoisotopic (exact) mass is 404 g/mol. The molecule has 0 bridgehead atoms. The number of carbonyl (C=O) groups excluding carboxylic acids is 3. The van der Waals surface area contributed by atoms with Gasteiger partial charge in [0.05, 0.1) is 13.7 Å². The van der Waals surface area contributed by atoms with Crippen LogP contribution in [0, 0.1) is 13.8 Å². The third-order valence-corrected chi connectivity index (χ3v) is 4.93. The highest BCUT2D eigenvalue weighted by Crippen LogP contribution is 2.28. The Morgan fingerprint density at radius 3 is 2.39 bits per heavy atom. The molecule has 1 heterocycles. The molecule has 2 N–H and O–H groups in total. The Morgan fingerprint density at radius 1 is 1.04 bits per heavy atom. The number of rotatable bonds is 8. The van der Waals surface area contributed by atoms with Gasteiger partial charge >= 0.3 is 0 Å². The highest BCUT2D eigenvalue weighted by molar-refractivity contribution is 7.12. The molecule has 0 fully saturated rings. The first kappa shape index (κ1) is 21.4. The maximum Gasteiger partial charge on any atom is 0.269 e. The molecule has 1 aromatic carbocycles. The molecule has 2 rings (SSSR count). The third kappa shape index (κ3) is 5.56.